The maximum atomic E-state index is 4.32. The normalized spacial score (nSPS) is 20.2. The standard InChI is InChI=1S/C14H25N3S/c1-11(9-17-6-4-5-7-17)8-15-12(2)14-13(3)16-10-18-14/h10-12,15H,4-9H2,1-3H3. The Hall–Kier alpha value is -0.450. The van der Waals surface area contributed by atoms with E-state index in [4.69, 9.17) is 0 Å². The monoisotopic (exact) mass is 267 g/mol. The highest BCUT2D eigenvalue weighted by molar-refractivity contribution is 7.09. The summed E-state index contributed by atoms with van der Waals surface area (Å²) in [5, 5.41) is 3.64. The maximum Gasteiger partial charge on any atom is 0.0798 e. The van der Waals surface area contributed by atoms with Crippen molar-refractivity contribution in [1.82, 2.24) is 15.2 Å². The first-order valence-electron chi connectivity index (χ1n) is 7.02. The van der Waals surface area contributed by atoms with Crippen molar-refractivity contribution in [3.63, 3.8) is 0 Å². The van der Waals surface area contributed by atoms with Crippen LogP contribution in [0.2, 0.25) is 0 Å². The molecule has 1 aromatic rings. The highest BCUT2D eigenvalue weighted by Crippen LogP contribution is 2.21. The van der Waals surface area contributed by atoms with Gasteiger partial charge in [-0.15, -0.1) is 11.3 Å². The van der Waals surface area contributed by atoms with Crippen molar-refractivity contribution < 1.29 is 0 Å². The molecular formula is C14H25N3S. The van der Waals surface area contributed by atoms with Crippen molar-refractivity contribution >= 4 is 11.3 Å². The summed E-state index contributed by atoms with van der Waals surface area (Å²) in [7, 11) is 0. The van der Waals surface area contributed by atoms with Gasteiger partial charge in [0.1, 0.15) is 0 Å². The van der Waals surface area contributed by atoms with Crippen LogP contribution in [-0.2, 0) is 0 Å². The molecule has 1 aliphatic rings. The van der Waals surface area contributed by atoms with Crippen LogP contribution in [0, 0.1) is 12.8 Å². The molecule has 2 atom stereocenters. The van der Waals surface area contributed by atoms with Gasteiger partial charge in [0.25, 0.3) is 0 Å². The van der Waals surface area contributed by atoms with Crippen molar-refractivity contribution in [1.29, 1.82) is 0 Å². The number of nitrogens with zero attached hydrogens (tertiary/aromatic N) is 2. The van der Waals surface area contributed by atoms with Crippen LogP contribution in [0.15, 0.2) is 5.51 Å². The lowest BCUT2D eigenvalue weighted by Crippen LogP contribution is -2.32. The van der Waals surface area contributed by atoms with Gasteiger partial charge >= 0.3 is 0 Å². The second-order valence-corrected chi connectivity index (χ2v) is 6.43. The van der Waals surface area contributed by atoms with Crippen molar-refractivity contribution in [2.24, 2.45) is 5.92 Å². The fraction of sp³-hybridized carbons (Fsp3) is 0.786. The van der Waals surface area contributed by atoms with E-state index in [9.17, 15) is 0 Å². The number of thiazole rings is 1. The van der Waals surface area contributed by atoms with Gasteiger partial charge in [-0.2, -0.15) is 0 Å². The van der Waals surface area contributed by atoms with Crippen LogP contribution in [0.4, 0.5) is 0 Å². The van der Waals surface area contributed by atoms with Crippen molar-refractivity contribution in [2.45, 2.75) is 39.7 Å². The summed E-state index contributed by atoms with van der Waals surface area (Å²) >= 11 is 1.76. The van der Waals surface area contributed by atoms with Crippen LogP contribution in [-0.4, -0.2) is 36.1 Å². The first kappa shape index (κ1) is 14.0. The number of aromatic nitrogens is 1. The molecule has 3 nitrogen and oxygen atoms in total. The quantitative estimate of drug-likeness (QED) is 0.859. The van der Waals surface area contributed by atoms with E-state index in [-0.39, 0.29) is 0 Å². The fourth-order valence-electron chi connectivity index (χ4n) is 2.67. The van der Waals surface area contributed by atoms with E-state index in [2.05, 4.69) is 36.0 Å². The predicted molar refractivity (Wildman–Crippen MR) is 78.1 cm³/mol. The summed E-state index contributed by atoms with van der Waals surface area (Å²) in [5.74, 6) is 0.721. The molecule has 1 fully saturated rings. The molecule has 2 unspecified atom stereocenters. The smallest absolute Gasteiger partial charge is 0.0798 e. The molecule has 1 N–H and O–H groups in total. The van der Waals surface area contributed by atoms with E-state index in [0.29, 0.717) is 6.04 Å². The van der Waals surface area contributed by atoms with Gasteiger partial charge in [0.15, 0.2) is 0 Å². The minimum absolute atomic E-state index is 0.429. The zero-order valence-electron chi connectivity index (χ0n) is 11.8. The molecule has 0 amide bonds. The van der Waals surface area contributed by atoms with Crippen LogP contribution in [0.5, 0.6) is 0 Å². The Labute approximate surface area is 115 Å². The minimum Gasteiger partial charge on any atom is -0.309 e. The van der Waals surface area contributed by atoms with E-state index in [1.165, 1.54) is 43.0 Å². The fourth-order valence-corrected chi connectivity index (χ4v) is 3.50. The van der Waals surface area contributed by atoms with Gasteiger partial charge in [-0.3, -0.25) is 0 Å². The van der Waals surface area contributed by atoms with E-state index in [1.54, 1.807) is 11.3 Å². The molecule has 18 heavy (non-hydrogen) atoms. The lowest BCUT2D eigenvalue weighted by atomic mass is 10.1. The van der Waals surface area contributed by atoms with Gasteiger partial charge in [0.05, 0.1) is 11.2 Å². The highest BCUT2D eigenvalue weighted by atomic mass is 32.1. The van der Waals surface area contributed by atoms with Crippen LogP contribution < -0.4 is 5.32 Å². The van der Waals surface area contributed by atoms with Gasteiger partial charge in [-0.1, -0.05) is 6.92 Å². The third-order valence-corrected chi connectivity index (χ3v) is 4.83. The summed E-state index contributed by atoms with van der Waals surface area (Å²) in [6, 6.07) is 0.429. The van der Waals surface area contributed by atoms with Crippen LogP contribution in [0.1, 0.15) is 43.3 Å². The second-order valence-electron chi connectivity index (χ2n) is 5.54. The topological polar surface area (TPSA) is 28.2 Å². The third-order valence-electron chi connectivity index (χ3n) is 3.72. The molecule has 2 heterocycles. The molecule has 0 radical (unpaired) electrons. The number of rotatable bonds is 6. The molecule has 2 rings (SSSR count). The minimum atomic E-state index is 0.429. The van der Waals surface area contributed by atoms with Crippen molar-refractivity contribution in [3.05, 3.63) is 16.1 Å². The van der Waals surface area contributed by atoms with Crippen LogP contribution >= 0.6 is 11.3 Å². The Morgan fingerprint density at radius 3 is 2.72 bits per heavy atom. The zero-order chi connectivity index (χ0) is 13.0. The summed E-state index contributed by atoms with van der Waals surface area (Å²) < 4.78 is 0. The molecule has 0 saturated carbocycles. The number of hydrogen-bond donors (Lipinski definition) is 1. The molecule has 0 aliphatic carbocycles. The SMILES string of the molecule is Cc1ncsc1C(C)NCC(C)CN1CCCC1. The van der Waals surface area contributed by atoms with Gasteiger partial charge in [-0.25, -0.2) is 4.98 Å². The summed E-state index contributed by atoms with van der Waals surface area (Å²) in [5.41, 5.74) is 3.11. The van der Waals surface area contributed by atoms with E-state index in [0.717, 1.165) is 12.5 Å². The molecule has 1 aliphatic heterocycles. The number of hydrogen-bond acceptors (Lipinski definition) is 4. The number of likely N-dealkylation sites (tertiary alicyclic amines) is 1. The molecule has 0 spiro atoms. The largest absolute Gasteiger partial charge is 0.309 e. The van der Waals surface area contributed by atoms with Crippen molar-refractivity contribution in [2.75, 3.05) is 26.2 Å². The number of aryl methyl sites for hydroxylation is 1. The molecule has 0 aromatic carbocycles. The second kappa shape index (κ2) is 6.64. The third kappa shape index (κ3) is 3.77. The average molecular weight is 267 g/mol. The highest BCUT2D eigenvalue weighted by Gasteiger charge is 2.16. The first-order chi connectivity index (χ1) is 8.66. The summed E-state index contributed by atoms with van der Waals surface area (Å²) in [4.78, 5) is 8.29. The summed E-state index contributed by atoms with van der Waals surface area (Å²) in [6.45, 7) is 11.6. The molecule has 102 valence electrons. The Balaban J connectivity index is 1.72. The Morgan fingerprint density at radius 2 is 2.11 bits per heavy atom. The summed E-state index contributed by atoms with van der Waals surface area (Å²) in [6.07, 6.45) is 2.77. The molecule has 1 aromatic heterocycles. The molecule has 0 bridgehead atoms. The predicted octanol–water partition coefficient (Wildman–Crippen LogP) is 2.83. The van der Waals surface area contributed by atoms with E-state index in [1.807, 2.05) is 5.51 Å². The van der Waals surface area contributed by atoms with E-state index >= 15 is 0 Å². The Morgan fingerprint density at radius 1 is 1.39 bits per heavy atom. The van der Waals surface area contributed by atoms with Gasteiger partial charge in [-0.05, 0) is 52.2 Å². The van der Waals surface area contributed by atoms with Gasteiger partial charge in [0.2, 0.25) is 0 Å². The number of nitrogens with one attached hydrogen (secondary N) is 1. The lowest BCUT2D eigenvalue weighted by Gasteiger charge is -2.22. The molecular weight excluding hydrogens is 242 g/mol. The maximum absolute atomic E-state index is 4.32. The van der Waals surface area contributed by atoms with Crippen LogP contribution in [0.25, 0.3) is 0 Å². The molecule has 4 heteroatoms. The molecule has 1 saturated heterocycles. The Bertz CT molecular complexity index is 358. The first-order valence-corrected chi connectivity index (χ1v) is 7.90. The van der Waals surface area contributed by atoms with Gasteiger partial charge in [0, 0.05) is 17.5 Å². The average Bonchev–Trinajstić information content (AvgIpc) is 2.97. The van der Waals surface area contributed by atoms with Crippen molar-refractivity contribution in [3.8, 4) is 0 Å². The van der Waals surface area contributed by atoms with Crippen LogP contribution in [0.3, 0.4) is 0 Å². The van der Waals surface area contributed by atoms with E-state index < -0.39 is 0 Å². The van der Waals surface area contributed by atoms with Gasteiger partial charge < -0.3 is 10.2 Å². The lowest BCUT2D eigenvalue weighted by molar-refractivity contribution is 0.279. The Kier molecular flexibility index (Phi) is 5.15. The zero-order valence-corrected chi connectivity index (χ0v) is 12.6.